The SMILES string of the molecule is CCN(CCO)CCCNC(N)=O. The molecule has 0 aliphatic carbocycles. The molecule has 0 saturated heterocycles. The van der Waals surface area contributed by atoms with E-state index in [0.717, 1.165) is 19.5 Å². The van der Waals surface area contributed by atoms with Crippen LogP contribution in [0.15, 0.2) is 0 Å². The number of carbonyl (C=O) groups is 1. The first-order valence-electron chi connectivity index (χ1n) is 4.57. The molecule has 0 unspecified atom stereocenters. The van der Waals surface area contributed by atoms with Crippen molar-refractivity contribution >= 4 is 6.03 Å². The highest BCUT2D eigenvalue weighted by Gasteiger charge is 2.00. The van der Waals surface area contributed by atoms with Gasteiger partial charge in [-0.2, -0.15) is 0 Å². The highest BCUT2D eigenvalue weighted by Crippen LogP contribution is 1.89. The van der Waals surface area contributed by atoms with E-state index >= 15 is 0 Å². The lowest BCUT2D eigenvalue weighted by atomic mass is 10.3. The van der Waals surface area contributed by atoms with Gasteiger partial charge >= 0.3 is 6.03 Å². The maximum absolute atomic E-state index is 10.3. The molecule has 5 nitrogen and oxygen atoms in total. The average Bonchev–Trinajstić information content (AvgIpc) is 2.10. The highest BCUT2D eigenvalue weighted by molar-refractivity contribution is 5.71. The molecule has 13 heavy (non-hydrogen) atoms. The molecule has 0 aliphatic heterocycles. The van der Waals surface area contributed by atoms with Crippen LogP contribution in [0.1, 0.15) is 13.3 Å². The summed E-state index contributed by atoms with van der Waals surface area (Å²) >= 11 is 0. The summed E-state index contributed by atoms with van der Waals surface area (Å²) in [6.07, 6.45) is 0.858. The standard InChI is InChI=1S/C8H19N3O2/c1-2-11(6-7-12)5-3-4-10-8(9)13/h12H,2-7H2,1H3,(H3,9,10,13). The van der Waals surface area contributed by atoms with Crippen molar-refractivity contribution in [2.45, 2.75) is 13.3 Å². The molecule has 0 aromatic heterocycles. The van der Waals surface area contributed by atoms with Crippen LogP contribution in [0.2, 0.25) is 0 Å². The van der Waals surface area contributed by atoms with Crippen molar-refractivity contribution in [1.29, 1.82) is 0 Å². The first-order valence-corrected chi connectivity index (χ1v) is 4.57. The summed E-state index contributed by atoms with van der Waals surface area (Å²) in [5, 5.41) is 11.2. The van der Waals surface area contributed by atoms with Gasteiger partial charge in [-0.1, -0.05) is 6.92 Å². The second-order valence-electron chi connectivity index (χ2n) is 2.80. The van der Waals surface area contributed by atoms with Gasteiger partial charge in [-0.3, -0.25) is 0 Å². The molecule has 0 aromatic rings. The Labute approximate surface area is 78.9 Å². The van der Waals surface area contributed by atoms with E-state index in [1.165, 1.54) is 0 Å². The molecule has 4 N–H and O–H groups in total. The fraction of sp³-hybridized carbons (Fsp3) is 0.875. The van der Waals surface area contributed by atoms with E-state index in [0.29, 0.717) is 13.1 Å². The van der Waals surface area contributed by atoms with Crippen molar-refractivity contribution in [2.75, 3.05) is 32.8 Å². The quantitative estimate of drug-likeness (QED) is 0.466. The fourth-order valence-corrected chi connectivity index (χ4v) is 1.08. The molecule has 2 amide bonds. The molecule has 0 heterocycles. The van der Waals surface area contributed by atoms with Gasteiger partial charge in [0.1, 0.15) is 0 Å². The molecular weight excluding hydrogens is 170 g/mol. The van der Waals surface area contributed by atoms with E-state index in [9.17, 15) is 4.79 Å². The lowest BCUT2D eigenvalue weighted by Crippen LogP contribution is -2.33. The van der Waals surface area contributed by atoms with Gasteiger partial charge in [0.25, 0.3) is 0 Å². The van der Waals surface area contributed by atoms with Crippen LogP contribution in [0.3, 0.4) is 0 Å². The smallest absolute Gasteiger partial charge is 0.312 e. The lowest BCUT2D eigenvalue weighted by Gasteiger charge is -2.18. The molecule has 0 aliphatic rings. The molecule has 0 aromatic carbocycles. The normalized spacial score (nSPS) is 10.4. The molecule has 0 bridgehead atoms. The molecule has 0 fully saturated rings. The largest absolute Gasteiger partial charge is 0.395 e. The monoisotopic (exact) mass is 189 g/mol. The van der Waals surface area contributed by atoms with Crippen molar-refractivity contribution < 1.29 is 9.90 Å². The van der Waals surface area contributed by atoms with Crippen molar-refractivity contribution in [1.82, 2.24) is 10.2 Å². The van der Waals surface area contributed by atoms with Gasteiger partial charge in [-0.05, 0) is 19.5 Å². The summed E-state index contributed by atoms with van der Waals surface area (Å²) in [6, 6.07) is -0.481. The minimum atomic E-state index is -0.481. The number of amides is 2. The first-order chi connectivity index (χ1) is 6.20. The molecule has 5 heteroatoms. The zero-order valence-corrected chi connectivity index (χ0v) is 8.12. The Balaban J connectivity index is 3.32. The minimum absolute atomic E-state index is 0.178. The number of carbonyl (C=O) groups excluding carboxylic acids is 1. The molecule has 78 valence electrons. The summed E-state index contributed by atoms with van der Waals surface area (Å²) in [6.45, 7) is 5.28. The Kier molecular flexibility index (Phi) is 7.33. The number of rotatable bonds is 7. The summed E-state index contributed by atoms with van der Waals surface area (Å²) in [4.78, 5) is 12.4. The van der Waals surface area contributed by atoms with Crippen LogP contribution in [0.5, 0.6) is 0 Å². The number of aliphatic hydroxyl groups is 1. The Morgan fingerprint density at radius 3 is 2.69 bits per heavy atom. The summed E-state index contributed by atoms with van der Waals surface area (Å²) in [5.41, 5.74) is 4.90. The van der Waals surface area contributed by atoms with Gasteiger partial charge in [-0.25, -0.2) is 4.79 Å². The number of nitrogens with one attached hydrogen (secondary N) is 1. The van der Waals surface area contributed by atoms with Crippen LogP contribution in [-0.4, -0.2) is 48.8 Å². The van der Waals surface area contributed by atoms with E-state index < -0.39 is 6.03 Å². The molecule has 0 spiro atoms. The van der Waals surface area contributed by atoms with Crippen LogP contribution in [-0.2, 0) is 0 Å². The Bertz CT molecular complexity index is 141. The van der Waals surface area contributed by atoms with Crippen molar-refractivity contribution in [3.8, 4) is 0 Å². The van der Waals surface area contributed by atoms with Gasteiger partial charge < -0.3 is 21.1 Å². The van der Waals surface area contributed by atoms with Crippen molar-refractivity contribution in [3.05, 3.63) is 0 Å². The average molecular weight is 189 g/mol. The van der Waals surface area contributed by atoms with Crippen molar-refractivity contribution in [3.63, 3.8) is 0 Å². The summed E-state index contributed by atoms with van der Waals surface area (Å²) < 4.78 is 0. The second kappa shape index (κ2) is 7.82. The predicted molar refractivity (Wildman–Crippen MR) is 51.4 cm³/mol. The predicted octanol–water partition coefficient (Wildman–Crippen LogP) is -0.641. The summed E-state index contributed by atoms with van der Waals surface area (Å²) in [5.74, 6) is 0. The molecule has 0 rings (SSSR count). The Morgan fingerprint density at radius 1 is 1.54 bits per heavy atom. The molecule has 0 saturated carbocycles. The van der Waals surface area contributed by atoms with E-state index in [1.54, 1.807) is 0 Å². The highest BCUT2D eigenvalue weighted by atomic mass is 16.3. The van der Waals surface area contributed by atoms with Crippen LogP contribution in [0.4, 0.5) is 4.79 Å². The van der Waals surface area contributed by atoms with Gasteiger partial charge in [0.05, 0.1) is 6.61 Å². The zero-order chi connectivity index (χ0) is 10.1. The van der Waals surface area contributed by atoms with E-state index in [4.69, 9.17) is 10.8 Å². The van der Waals surface area contributed by atoms with E-state index in [1.807, 2.05) is 6.92 Å². The van der Waals surface area contributed by atoms with Crippen LogP contribution < -0.4 is 11.1 Å². The van der Waals surface area contributed by atoms with E-state index in [-0.39, 0.29) is 6.61 Å². The Morgan fingerprint density at radius 2 is 2.23 bits per heavy atom. The topological polar surface area (TPSA) is 78.6 Å². The number of primary amides is 1. The molecule has 0 radical (unpaired) electrons. The van der Waals surface area contributed by atoms with Gasteiger partial charge in [0, 0.05) is 13.1 Å². The lowest BCUT2D eigenvalue weighted by molar-refractivity contribution is 0.200. The third kappa shape index (κ3) is 7.55. The number of urea groups is 1. The number of nitrogens with zero attached hydrogens (tertiary/aromatic N) is 1. The van der Waals surface area contributed by atoms with Gasteiger partial charge in [-0.15, -0.1) is 0 Å². The Hall–Kier alpha value is -0.810. The number of hydrogen-bond donors (Lipinski definition) is 3. The fourth-order valence-electron chi connectivity index (χ4n) is 1.08. The summed E-state index contributed by atoms with van der Waals surface area (Å²) in [7, 11) is 0. The number of nitrogens with two attached hydrogens (primary N) is 1. The maximum Gasteiger partial charge on any atom is 0.312 e. The second-order valence-corrected chi connectivity index (χ2v) is 2.80. The number of likely N-dealkylation sites (N-methyl/N-ethyl adjacent to an activating group) is 1. The molecular formula is C8H19N3O2. The maximum atomic E-state index is 10.3. The zero-order valence-electron chi connectivity index (χ0n) is 8.12. The van der Waals surface area contributed by atoms with Crippen LogP contribution in [0.25, 0.3) is 0 Å². The molecule has 0 atom stereocenters. The van der Waals surface area contributed by atoms with Crippen molar-refractivity contribution in [2.24, 2.45) is 5.73 Å². The minimum Gasteiger partial charge on any atom is -0.395 e. The van der Waals surface area contributed by atoms with Crippen LogP contribution >= 0.6 is 0 Å². The number of hydrogen-bond acceptors (Lipinski definition) is 3. The third-order valence-electron chi connectivity index (χ3n) is 1.81. The van der Waals surface area contributed by atoms with Gasteiger partial charge in [0.15, 0.2) is 0 Å². The van der Waals surface area contributed by atoms with E-state index in [2.05, 4.69) is 10.2 Å². The first kappa shape index (κ1) is 12.2. The third-order valence-corrected chi connectivity index (χ3v) is 1.81. The van der Waals surface area contributed by atoms with Gasteiger partial charge in [0.2, 0.25) is 0 Å². The van der Waals surface area contributed by atoms with Crippen LogP contribution in [0, 0.1) is 0 Å². The number of aliphatic hydroxyl groups excluding tert-OH is 1.